The Bertz CT molecular complexity index is 853. The van der Waals surface area contributed by atoms with E-state index in [9.17, 15) is 9.59 Å². The van der Waals surface area contributed by atoms with E-state index < -0.39 is 6.04 Å². The highest BCUT2D eigenvalue weighted by Gasteiger charge is 2.28. The Morgan fingerprint density at radius 2 is 2.33 bits per heavy atom. The zero-order valence-electron chi connectivity index (χ0n) is 15.6. The number of rotatable bonds is 4. The average molecular weight is 388 g/mol. The van der Waals surface area contributed by atoms with Crippen molar-refractivity contribution in [3.05, 3.63) is 38.4 Å². The number of hydrogen-bond acceptors (Lipinski definition) is 6. The molecule has 1 saturated heterocycles. The van der Waals surface area contributed by atoms with Crippen molar-refractivity contribution >= 4 is 23.2 Å². The molecule has 0 aromatic carbocycles. The predicted molar refractivity (Wildman–Crippen MR) is 102 cm³/mol. The van der Waals surface area contributed by atoms with Gasteiger partial charge in [0.25, 0.3) is 5.91 Å². The summed E-state index contributed by atoms with van der Waals surface area (Å²) in [6.45, 7) is 7.12. The quantitative estimate of drug-likeness (QED) is 0.836. The number of nitrogens with one attached hydrogen (secondary N) is 2. The summed E-state index contributed by atoms with van der Waals surface area (Å²) >= 11 is 1.63. The number of aromatic nitrogens is 1. The maximum atomic E-state index is 12.7. The first-order chi connectivity index (χ1) is 13.0. The third kappa shape index (κ3) is 3.64. The molecule has 2 aromatic rings. The van der Waals surface area contributed by atoms with E-state index in [1.54, 1.807) is 11.3 Å². The molecule has 27 heavy (non-hydrogen) atoms. The molecule has 4 heterocycles. The number of nitrogens with zero attached hydrogens (tertiary/aromatic N) is 2. The molecule has 0 aliphatic carbocycles. The van der Waals surface area contributed by atoms with Crippen LogP contribution in [0.2, 0.25) is 0 Å². The molecule has 0 saturated carbocycles. The van der Waals surface area contributed by atoms with E-state index in [0.29, 0.717) is 13.0 Å². The van der Waals surface area contributed by atoms with E-state index in [1.165, 1.54) is 4.88 Å². The van der Waals surface area contributed by atoms with Gasteiger partial charge in [0, 0.05) is 42.0 Å². The number of piperidine rings is 1. The fourth-order valence-electron chi connectivity index (χ4n) is 3.80. The van der Waals surface area contributed by atoms with Gasteiger partial charge >= 0.3 is 0 Å². The number of aryl methyl sites for hydroxylation is 2. The normalized spacial score (nSPS) is 20.2. The monoisotopic (exact) mass is 388 g/mol. The van der Waals surface area contributed by atoms with Crippen molar-refractivity contribution in [2.75, 3.05) is 13.1 Å². The zero-order chi connectivity index (χ0) is 19.0. The molecule has 0 unspecified atom stereocenters. The second-order valence-corrected chi connectivity index (χ2v) is 8.24. The Labute approximate surface area is 162 Å². The van der Waals surface area contributed by atoms with Crippen LogP contribution in [0.25, 0.3) is 0 Å². The Morgan fingerprint density at radius 1 is 1.48 bits per heavy atom. The number of carbonyl (C=O) groups excluding carboxylic acids is 2. The Hall–Kier alpha value is -2.19. The van der Waals surface area contributed by atoms with Crippen molar-refractivity contribution in [2.45, 2.75) is 52.2 Å². The molecule has 0 radical (unpaired) electrons. The van der Waals surface area contributed by atoms with E-state index in [-0.39, 0.29) is 11.8 Å². The molecular weight excluding hydrogens is 364 g/mol. The third-order valence-electron chi connectivity index (χ3n) is 5.42. The van der Waals surface area contributed by atoms with Crippen LogP contribution in [0.4, 0.5) is 0 Å². The molecule has 7 nitrogen and oxygen atoms in total. The average Bonchev–Trinajstić information content (AvgIpc) is 3.21. The van der Waals surface area contributed by atoms with Gasteiger partial charge in [-0.15, -0.1) is 11.3 Å². The summed E-state index contributed by atoms with van der Waals surface area (Å²) in [7, 11) is 0. The zero-order valence-corrected chi connectivity index (χ0v) is 16.4. The first-order valence-corrected chi connectivity index (χ1v) is 10.2. The molecule has 1 fully saturated rings. The van der Waals surface area contributed by atoms with Crippen molar-refractivity contribution in [1.29, 1.82) is 0 Å². The summed E-state index contributed by atoms with van der Waals surface area (Å²) in [5, 5.41) is 11.7. The van der Waals surface area contributed by atoms with Crippen LogP contribution in [-0.2, 0) is 24.3 Å². The van der Waals surface area contributed by atoms with Crippen LogP contribution >= 0.6 is 11.3 Å². The highest BCUT2D eigenvalue weighted by atomic mass is 32.1. The molecule has 2 N–H and O–H groups in total. The van der Waals surface area contributed by atoms with Crippen molar-refractivity contribution in [1.82, 2.24) is 20.7 Å². The summed E-state index contributed by atoms with van der Waals surface area (Å²) in [5.41, 5.74) is 3.95. The first-order valence-electron chi connectivity index (χ1n) is 9.35. The minimum absolute atomic E-state index is 0.0793. The topological polar surface area (TPSA) is 87.5 Å². The molecule has 2 aliphatic heterocycles. The molecule has 2 aromatic heterocycles. The molecular formula is C19H24N4O3S. The van der Waals surface area contributed by atoms with Crippen LogP contribution in [0.15, 0.2) is 9.90 Å². The van der Waals surface area contributed by atoms with Gasteiger partial charge < -0.3 is 15.2 Å². The van der Waals surface area contributed by atoms with Gasteiger partial charge in [-0.05, 0) is 38.7 Å². The summed E-state index contributed by atoms with van der Waals surface area (Å²) < 4.78 is 5.26. The van der Waals surface area contributed by atoms with Crippen molar-refractivity contribution in [2.24, 2.45) is 0 Å². The second-order valence-electron chi connectivity index (χ2n) is 7.27. The smallest absolute Gasteiger partial charge is 0.253 e. The van der Waals surface area contributed by atoms with Gasteiger partial charge in [-0.1, -0.05) is 5.16 Å². The SMILES string of the molecule is Cc1noc(C)c1CN1CCc2c(C(=O)N[C@H]3CCCNC3=O)csc2C1. The van der Waals surface area contributed by atoms with Gasteiger partial charge in [-0.25, -0.2) is 0 Å². The highest BCUT2D eigenvalue weighted by molar-refractivity contribution is 7.10. The number of fused-ring (bicyclic) bond motifs is 1. The van der Waals surface area contributed by atoms with Gasteiger partial charge in [0.15, 0.2) is 0 Å². The van der Waals surface area contributed by atoms with E-state index in [0.717, 1.165) is 60.6 Å². The Kier molecular flexibility index (Phi) is 5.01. The summed E-state index contributed by atoms with van der Waals surface area (Å²) in [6, 6.07) is -0.415. The first kappa shape index (κ1) is 18.2. The fourth-order valence-corrected chi connectivity index (χ4v) is 4.92. The summed E-state index contributed by atoms with van der Waals surface area (Å²) in [5.74, 6) is 0.661. The lowest BCUT2D eigenvalue weighted by molar-refractivity contribution is -0.124. The van der Waals surface area contributed by atoms with E-state index in [4.69, 9.17) is 4.52 Å². The predicted octanol–water partition coefficient (Wildman–Crippen LogP) is 1.92. The molecule has 8 heteroatoms. The maximum Gasteiger partial charge on any atom is 0.253 e. The second kappa shape index (κ2) is 7.44. The van der Waals surface area contributed by atoms with Gasteiger partial charge in [0.05, 0.1) is 11.3 Å². The van der Waals surface area contributed by atoms with Crippen LogP contribution in [0.3, 0.4) is 0 Å². The maximum absolute atomic E-state index is 12.7. The molecule has 2 amide bonds. The molecule has 0 bridgehead atoms. The summed E-state index contributed by atoms with van der Waals surface area (Å²) in [6.07, 6.45) is 2.44. The van der Waals surface area contributed by atoms with Crippen LogP contribution in [0, 0.1) is 13.8 Å². The number of amides is 2. The molecule has 0 spiro atoms. The molecule has 144 valence electrons. The lowest BCUT2D eigenvalue weighted by Crippen LogP contribution is -2.50. The van der Waals surface area contributed by atoms with Crippen LogP contribution in [0.5, 0.6) is 0 Å². The van der Waals surface area contributed by atoms with Crippen LogP contribution in [0.1, 0.15) is 50.7 Å². The van der Waals surface area contributed by atoms with Gasteiger partial charge in [0.2, 0.25) is 5.91 Å². The van der Waals surface area contributed by atoms with Crippen LogP contribution in [-0.4, -0.2) is 41.0 Å². The minimum atomic E-state index is -0.415. The Balaban J connectivity index is 1.44. The van der Waals surface area contributed by atoms with Crippen molar-refractivity contribution in [3.8, 4) is 0 Å². The van der Waals surface area contributed by atoms with Crippen LogP contribution < -0.4 is 10.6 Å². The van der Waals surface area contributed by atoms with E-state index in [1.807, 2.05) is 19.2 Å². The fraction of sp³-hybridized carbons (Fsp3) is 0.526. The van der Waals surface area contributed by atoms with E-state index in [2.05, 4.69) is 20.7 Å². The van der Waals surface area contributed by atoms with Crippen molar-refractivity contribution in [3.63, 3.8) is 0 Å². The minimum Gasteiger partial charge on any atom is -0.361 e. The van der Waals surface area contributed by atoms with Gasteiger partial charge in [-0.2, -0.15) is 0 Å². The number of thiophene rings is 1. The Morgan fingerprint density at radius 3 is 3.07 bits per heavy atom. The van der Waals surface area contributed by atoms with Gasteiger partial charge in [0.1, 0.15) is 11.8 Å². The lowest BCUT2D eigenvalue weighted by atomic mass is 10.0. The standard InChI is InChI=1S/C19H24N4O3S/c1-11-14(12(2)26-22-11)8-23-7-5-13-15(10-27-17(13)9-23)18(24)21-16-4-3-6-20-19(16)25/h10,16H,3-9H2,1-2H3,(H,20,25)(H,21,24)/t16-/m0/s1. The lowest BCUT2D eigenvalue weighted by Gasteiger charge is -2.27. The van der Waals surface area contributed by atoms with Gasteiger partial charge in [-0.3, -0.25) is 14.5 Å². The molecule has 2 aliphatic rings. The summed E-state index contributed by atoms with van der Waals surface area (Å²) in [4.78, 5) is 28.2. The number of hydrogen-bond donors (Lipinski definition) is 2. The highest BCUT2D eigenvalue weighted by Crippen LogP contribution is 2.30. The number of carbonyl (C=O) groups is 2. The third-order valence-corrected chi connectivity index (χ3v) is 6.44. The largest absolute Gasteiger partial charge is 0.361 e. The molecule has 1 atom stereocenters. The molecule has 4 rings (SSSR count). The van der Waals surface area contributed by atoms with Crippen molar-refractivity contribution < 1.29 is 14.1 Å². The van der Waals surface area contributed by atoms with E-state index >= 15 is 0 Å².